The molecule has 1 aromatic carbocycles. The van der Waals surface area contributed by atoms with Crippen LogP contribution in [0.25, 0.3) is 10.9 Å². The number of hydrogen-bond donors (Lipinski definition) is 3. The molecule has 6 rings (SSSR count). The van der Waals surface area contributed by atoms with Crippen molar-refractivity contribution in [3.05, 3.63) is 47.2 Å². The maximum atomic E-state index is 12.8. The van der Waals surface area contributed by atoms with Crippen LogP contribution >= 0.6 is 0 Å². The molecule has 5 heteroatoms. The minimum atomic E-state index is -1.21. The molecule has 2 heterocycles. The third-order valence-corrected chi connectivity index (χ3v) is 8.06. The molecular formula is C27H35NO4. The normalized spacial score (nSPS) is 35.8. The van der Waals surface area contributed by atoms with Crippen molar-refractivity contribution in [1.29, 1.82) is 0 Å². The average Bonchev–Trinajstić information content (AvgIpc) is 3.29. The number of aromatic amines is 1. The molecule has 0 amide bonds. The fraction of sp³-hybridized carbons (Fsp3) is 0.593. The van der Waals surface area contributed by atoms with E-state index in [-0.39, 0.29) is 17.8 Å². The topological polar surface area (TPSA) is 82.6 Å². The molecule has 3 N–H and O–H groups in total. The van der Waals surface area contributed by atoms with Gasteiger partial charge in [0.05, 0.1) is 17.8 Å². The highest BCUT2D eigenvalue weighted by Gasteiger charge is 2.54. The second kappa shape index (κ2) is 7.82. The Balaban J connectivity index is 0.00000105. The van der Waals surface area contributed by atoms with Gasteiger partial charge in [-0.2, -0.15) is 0 Å². The minimum absolute atomic E-state index is 0.0472. The van der Waals surface area contributed by atoms with Gasteiger partial charge >= 0.3 is 0 Å². The molecule has 4 aliphatic rings. The van der Waals surface area contributed by atoms with E-state index in [9.17, 15) is 15.0 Å². The predicted octanol–water partition coefficient (Wildman–Crippen LogP) is 4.27. The summed E-state index contributed by atoms with van der Waals surface area (Å²) in [5.41, 5.74) is 3.70. The summed E-state index contributed by atoms with van der Waals surface area (Å²) in [7, 11) is 0. The first-order valence-electron chi connectivity index (χ1n) is 12.2. The highest BCUT2D eigenvalue weighted by Crippen LogP contribution is 2.58. The summed E-state index contributed by atoms with van der Waals surface area (Å²) in [5, 5.41) is 22.8. The van der Waals surface area contributed by atoms with E-state index >= 15 is 0 Å². The molecule has 3 aliphatic carbocycles. The molecule has 2 fully saturated rings. The Morgan fingerprint density at radius 1 is 1.12 bits per heavy atom. The molecule has 0 radical (unpaired) electrons. The fourth-order valence-corrected chi connectivity index (χ4v) is 6.98. The SMILES string of the molecule is CC.CC(C)(O)[C@H]1OC2CC[C@@H]3C(C2=CC1=O)C(O)C[C@H]1Cc2c([nH]c4ccccc24)C13. The quantitative estimate of drug-likeness (QED) is 0.622. The largest absolute Gasteiger partial charge is 0.392 e. The maximum absolute atomic E-state index is 12.8. The molecular weight excluding hydrogens is 402 g/mol. The molecule has 0 spiro atoms. The lowest BCUT2D eigenvalue weighted by Crippen LogP contribution is -2.53. The molecule has 2 saturated carbocycles. The van der Waals surface area contributed by atoms with Crippen LogP contribution in [0, 0.1) is 17.8 Å². The van der Waals surface area contributed by atoms with Gasteiger partial charge in [-0.25, -0.2) is 0 Å². The average molecular weight is 438 g/mol. The number of H-pyrrole nitrogens is 1. The van der Waals surface area contributed by atoms with E-state index in [0.29, 0.717) is 17.8 Å². The first kappa shape index (κ1) is 21.9. The molecule has 5 nitrogen and oxygen atoms in total. The minimum Gasteiger partial charge on any atom is -0.392 e. The smallest absolute Gasteiger partial charge is 0.187 e. The lowest BCUT2D eigenvalue weighted by Gasteiger charge is -2.51. The Morgan fingerprint density at radius 2 is 1.88 bits per heavy atom. The van der Waals surface area contributed by atoms with Gasteiger partial charge in [0.25, 0.3) is 0 Å². The van der Waals surface area contributed by atoms with E-state index in [1.807, 2.05) is 13.8 Å². The molecule has 7 atom stereocenters. The van der Waals surface area contributed by atoms with Gasteiger partial charge in [0.2, 0.25) is 0 Å². The molecule has 2 aromatic rings. The van der Waals surface area contributed by atoms with Crippen molar-refractivity contribution in [3.8, 4) is 0 Å². The van der Waals surface area contributed by atoms with E-state index in [1.54, 1.807) is 19.9 Å². The van der Waals surface area contributed by atoms with Crippen LogP contribution in [0.5, 0.6) is 0 Å². The molecule has 4 unspecified atom stereocenters. The van der Waals surface area contributed by atoms with Crippen molar-refractivity contribution < 1.29 is 19.7 Å². The Labute approximate surface area is 189 Å². The van der Waals surface area contributed by atoms with Crippen LogP contribution in [0.2, 0.25) is 0 Å². The summed E-state index contributed by atoms with van der Waals surface area (Å²) in [6, 6.07) is 8.50. The summed E-state index contributed by atoms with van der Waals surface area (Å²) in [5.74, 6) is 0.930. The van der Waals surface area contributed by atoms with Crippen molar-refractivity contribution in [3.63, 3.8) is 0 Å². The van der Waals surface area contributed by atoms with Gasteiger partial charge in [0, 0.05) is 28.4 Å². The zero-order valence-corrected chi connectivity index (χ0v) is 19.5. The van der Waals surface area contributed by atoms with Crippen molar-refractivity contribution >= 4 is 16.7 Å². The summed E-state index contributed by atoms with van der Waals surface area (Å²) < 4.78 is 6.11. The van der Waals surface area contributed by atoms with Crippen molar-refractivity contribution in [2.75, 3.05) is 0 Å². The number of hydrogen-bond acceptors (Lipinski definition) is 4. The van der Waals surface area contributed by atoms with Crippen molar-refractivity contribution in [2.45, 2.75) is 83.2 Å². The second-order valence-corrected chi connectivity index (χ2v) is 10.3. The zero-order valence-electron chi connectivity index (χ0n) is 19.5. The first-order valence-corrected chi connectivity index (χ1v) is 12.2. The number of para-hydroxylation sites is 1. The number of carbonyl (C=O) groups is 1. The number of rotatable bonds is 1. The van der Waals surface area contributed by atoms with E-state index in [4.69, 9.17) is 4.74 Å². The van der Waals surface area contributed by atoms with Crippen LogP contribution in [-0.2, 0) is 16.0 Å². The lowest BCUT2D eigenvalue weighted by atomic mass is 9.58. The summed E-state index contributed by atoms with van der Waals surface area (Å²) in [4.78, 5) is 16.5. The molecule has 1 aliphatic heterocycles. The van der Waals surface area contributed by atoms with E-state index in [1.165, 1.54) is 22.2 Å². The lowest BCUT2D eigenvalue weighted by molar-refractivity contribution is -0.158. The number of ether oxygens (including phenoxy) is 1. The van der Waals surface area contributed by atoms with Gasteiger partial charge in [-0.05, 0) is 74.6 Å². The maximum Gasteiger partial charge on any atom is 0.187 e. The van der Waals surface area contributed by atoms with Crippen LogP contribution < -0.4 is 0 Å². The zero-order chi connectivity index (χ0) is 22.8. The summed E-state index contributed by atoms with van der Waals surface area (Å²) >= 11 is 0. The van der Waals surface area contributed by atoms with Crippen LogP contribution in [0.4, 0.5) is 0 Å². The van der Waals surface area contributed by atoms with Crippen molar-refractivity contribution in [1.82, 2.24) is 4.98 Å². The highest BCUT2D eigenvalue weighted by molar-refractivity contribution is 5.96. The molecule has 32 heavy (non-hydrogen) atoms. The van der Waals surface area contributed by atoms with Gasteiger partial charge in [0.15, 0.2) is 5.78 Å². The Hall–Kier alpha value is -1.95. The third-order valence-electron chi connectivity index (χ3n) is 8.06. The summed E-state index contributed by atoms with van der Waals surface area (Å²) in [6.07, 6.45) is 3.80. The van der Waals surface area contributed by atoms with Gasteiger partial charge in [-0.1, -0.05) is 32.0 Å². The molecule has 0 saturated heterocycles. The first-order chi connectivity index (χ1) is 15.3. The van der Waals surface area contributed by atoms with Crippen LogP contribution in [0.3, 0.4) is 0 Å². The van der Waals surface area contributed by atoms with E-state index in [2.05, 4.69) is 29.2 Å². The van der Waals surface area contributed by atoms with Crippen LogP contribution in [0.1, 0.15) is 64.1 Å². The van der Waals surface area contributed by atoms with Gasteiger partial charge in [-0.3, -0.25) is 4.79 Å². The van der Waals surface area contributed by atoms with Gasteiger partial charge < -0.3 is 19.9 Å². The van der Waals surface area contributed by atoms with Gasteiger partial charge in [0.1, 0.15) is 6.10 Å². The predicted molar refractivity (Wildman–Crippen MR) is 124 cm³/mol. The van der Waals surface area contributed by atoms with E-state index < -0.39 is 17.8 Å². The number of carbonyl (C=O) groups excluding carboxylic acids is 1. The number of aliphatic hydroxyl groups excluding tert-OH is 1. The molecule has 172 valence electrons. The number of ketones is 1. The third kappa shape index (κ3) is 3.20. The van der Waals surface area contributed by atoms with E-state index in [0.717, 1.165) is 31.3 Å². The number of aromatic nitrogens is 1. The second-order valence-electron chi connectivity index (χ2n) is 10.3. The molecule has 1 aromatic heterocycles. The standard InChI is InChI=1S/C25H29NO4.C2H6/c1-25(2,29)24-19(28)11-16-20(30-24)8-7-14-21-12(10-18(27)22(14)16)9-15-13-5-3-4-6-17(13)26-23(15)21;1-2/h3-6,11-12,14,18,20-22,24,26-27,29H,7-10H2,1-2H3;1-2H3/t12-,14+,18?,20?,21?,22?,24+;/m1./s1. The fourth-order valence-electron chi connectivity index (χ4n) is 6.98. The number of benzene rings is 1. The monoisotopic (exact) mass is 437 g/mol. The van der Waals surface area contributed by atoms with Crippen LogP contribution in [-0.4, -0.2) is 44.9 Å². The Kier molecular flexibility index (Phi) is 5.35. The van der Waals surface area contributed by atoms with Crippen LogP contribution in [0.15, 0.2) is 35.9 Å². The van der Waals surface area contributed by atoms with Crippen molar-refractivity contribution in [2.24, 2.45) is 17.8 Å². The highest BCUT2D eigenvalue weighted by atomic mass is 16.5. The number of nitrogens with one attached hydrogen (secondary N) is 1. The summed E-state index contributed by atoms with van der Waals surface area (Å²) in [6.45, 7) is 7.24. The Morgan fingerprint density at radius 3 is 2.62 bits per heavy atom. The Bertz CT molecular complexity index is 1060. The molecule has 0 bridgehead atoms. The number of fused-ring (bicyclic) bond motifs is 9. The number of aliphatic hydroxyl groups is 2. The van der Waals surface area contributed by atoms with Gasteiger partial charge in [-0.15, -0.1) is 0 Å².